The molecule has 0 atom stereocenters. The van der Waals surface area contributed by atoms with E-state index in [1.807, 2.05) is 13.8 Å². The van der Waals surface area contributed by atoms with Gasteiger partial charge >= 0.3 is 0 Å². The number of nitrogens with zero attached hydrogens (tertiary/aromatic N) is 3. The molecule has 0 saturated heterocycles. The summed E-state index contributed by atoms with van der Waals surface area (Å²) in [4.78, 5) is 12.6. The number of hydrogen-bond donors (Lipinski definition) is 2. The molecule has 19 heavy (non-hydrogen) atoms. The molecule has 2 N–H and O–H groups in total. The van der Waals surface area contributed by atoms with Crippen molar-refractivity contribution in [1.29, 1.82) is 0 Å². The van der Waals surface area contributed by atoms with Crippen LogP contribution in [0, 0.1) is 13.8 Å². The van der Waals surface area contributed by atoms with Gasteiger partial charge in [-0.1, -0.05) is 6.92 Å². The molecule has 0 aliphatic carbocycles. The molecule has 0 aliphatic heterocycles. The van der Waals surface area contributed by atoms with E-state index < -0.39 is 0 Å². The Morgan fingerprint density at radius 3 is 2.47 bits per heavy atom. The minimum absolute atomic E-state index is 0.513. The number of aryl methyl sites for hydroxylation is 1. The predicted octanol–water partition coefficient (Wildman–Crippen LogP) is 2.52. The summed E-state index contributed by atoms with van der Waals surface area (Å²) in [5.41, 5.74) is 0.999. The van der Waals surface area contributed by atoms with Crippen LogP contribution in [0.1, 0.15) is 30.6 Å². The standard InChI is InChI=1S/C13H19N5O/c1-4-5-14-12-10(3)13(18-8-17-12)16-7-11-15-6-9(2)19-11/h6,8H,4-5,7H2,1-3H3,(H2,14,16,17,18). The molecule has 2 aromatic heterocycles. The zero-order chi connectivity index (χ0) is 13.7. The van der Waals surface area contributed by atoms with E-state index in [9.17, 15) is 0 Å². The molecule has 2 heterocycles. The lowest BCUT2D eigenvalue weighted by Gasteiger charge is -2.11. The fourth-order valence-corrected chi connectivity index (χ4v) is 1.69. The minimum atomic E-state index is 0.513. The Morgan fingerprint density at radius 1 is 1.11 bits per heavy atom. The van der Waals surface area contributed by atoms with Crippen LogP contribution in [0.5, 0.6) is 0 Å². The van der Waals surface area contributed by atoms with Crippen molar-refractivity contribution in [2.24, 2.45) is 0 Å². The lowest BCUT2D eigenvalue weighted by molar-refractivity contribution is 0.478. The first kappa shape index (κ1) is 13.3. The van der Waals surface area contributed by atoms with Gasteiger partial charge in [0.25, 0.3) is 0 Å². The van der Waals surface area contributed by atoms with Crippen LogP contribution in [-0.4, -0.2) is 21.5 Å². The van der Waals surface area contributed by atoms with Crippen molar-refractivity contribution in [3.63, 3.8) is 0 Å². The molecule has 0 aromatic carbocycles. The van der Waals surface area contributed by atoms with E-state index in [4.69, 9.17) is 4.42 Å². The highest BCUT2D eigenvalue weighted by Gasteiger charge is 2.07. The molecule has 0 fully saturated rings. The summed E-state index contributed by atoms with van der Waals surface area (Å²) in [6.07, 6.45) is 4.31. The molecule has 0 spiro atoms. The highest BCUT2D eigenvalue weighted by molar-refractivity contribution is 5.56. The summed E-state index contributed by atoms with van der Waals surface area (Å²) in [5, 5.41) is 6.49. The largest absolute Gasteiger partial charge is 0.444 e. The Bertz CT molecular complexity index is 538. The number of nitrogens with one attached hydrogen (secondary N) is 2. The van der Waals surface area contributed by atoms with Gasteiger partial charge < -0.3 is 15.1 Å². The molecule has 6 heteroatoms. The highest BCUT2D eigenvalue weighted by Crippen LogP contribution is 2.18. The summed E-state index contributed by atoms with van der Waals surface area (Å²) >= 11 is 0. The van der Waals surface area contributed by atoms with E-state index in [-0.39, 0.29) is 0 Å². The fraction of sp³-hybridized carbons (Fsp3) is 0.462. The summed E-state index contributed by atoms with van der Waals surface area (Å²) in [5.74, 6) is 3.12. The normalized spacial score (nSPS) is 10.5. The Balaban J connectivity index is 2.03. The van der Waals surface area contributed by atoms with E-state index >= 15 is 0 Å². The van der Waals surface area contributed by atoms with Crippen LogP contribution >= 0.6 is 0 Å². The summed E-state index contributed by atoms with van der Waals surface area (Å²) < 4.78 is 5.41. The minimum Gasteiger partial charge on any atom is -0.444 e. The van der Waals surface area contributed by atoms with Crippen molar-refractivity contribution in [1.82, 2.24) is 15.0 Å². The third kappa shape index (κ3) is 3.43. The first-order chi connectivity index (χ1) is 9.20. The molecule has 0 radical (unpaired) electrons. The Kier molecular flexibility index (Phi) is 4.33. The zero-order valence-electron chi connectivity index (χ0n) is 11.5. The summed E-state index contributed by atoms with van der Waals surface area (Å²) in [7, 11) is 0. The lowest BCUT2D eigenvalue weighted by atomic mass is 10.3. The van der Waals surface area contributed by atoms with Crippen LogP contribution in [-0.2, 0) is 6.54 Å². The van der Waals surface area contributed by atoms with Gasteiger partial charge in [-0.2, -0.15) is 0 Å². The van der Waals surface area contributed by atoms with Gasteiger partial charge in [-0.05, 0) is 20.3 Å². The van der Waals surface area contributed by atoms with Crippen molar-refractivity contribution in [3.05, 3.63) is 29.7 Å². The van der Waals surface area contributed by atoms with E-state index in [2.05, 4.69) is 32.5 Å². The summed E-state index contributed by atoms with van der Waals surface area (Å²) in [6.45, 7) is 7.39. The Morgan fingerprint density at radius 2 is 1.84 bits per heavy atom. The second-order valence-electron chi connectivity index (χ2n) is 4.34. The van der Waals surface area contributed by atoms with E-state index in [0.29, 0.717) is 12.4 Å². The quantitative estimate of drug-likeness (QED) is 0.832. The van der Waals surface area contributed by atoms with Crippen molar-refractivity contribution in [2.75, 3.05) is 17.2 Å². The van der Waals surface area contributed by atoms with Crippen LogP contribution in [0.2, 0.25) is 0 Å². The smallest absolute Gasteiger partial charge is 0.213 e. The maximum absolute atomic E-state index is 5.41. The molecular weight excluding hydrogens is 242 g/mol. The summed E-state index contributed by atoms with van der Waals surface area (Å²) in [6, 6.07) is 0. The van der Waals surface area contributed by atoms with E-state index in [1.54, 1.807) is 12.5 Å². The van der Waals surface area contributed by atoms with Crippen molar-refractivity contribution < 1.29 is 4.42 Å². The number of anilines is 2. The first-order valence-electron chi connectivity index (χ1n) is 6.41. The van der Waals surface area contributed by atoms with Gasteiger partial charge in [0.1, 0.15) is 23.7 Å². The van der Waals surface area contributed by atoms with Crippen LogP contribution in [0.15, 0.2) is 16.9 Å². The Hall–Kier alpha value is -2.11. The molecule has 0 aliphatic rings. The van der Waals surface area contributed by atoms with Crippen LogP contribution < -0.4 is 10.6 Å². The van der Waals surface area contributed by atoms with Crippen LogP contribution in [0.25, 0.3) is 0 Å². The zero-order valence-corrected chi connectivity index (χ0v) is 11.5. The molecule has 2 aromatic rings. The molecular formula is C13H19N5O. The third-order valence-corrected chi connectivity index (χ3v) is 2.70. The SMILES string of the molecule is CCCNc1ncnc(NCc2ncc(C)o2)c1C. The molecule has 0 saturated carbocycles. The number of aromatic nitrogens is 3. The molecule has 6 nitrogen and oxygen atoms in total. The second-order valence-corrected chi connectivity index (χ2v) is 4.34. The van der Waals surface area contributed by atoms with E-state index in [1.165, 1.54) is 0 Å². The molecule has 0 amide bonds. The molecule has 0 unspecified atom stereocenters. The van der Waals surface area contributed by atoms with Gasteiger partial charge in [0.05, 0.1) is 12.7 Å². The Labute approximate surface area is 112 Å². The predicted molar refractivity (Wildman–Crippen MR) is 74.1 cm³/mol. The van der Waals surface area contributed by atoms with Crippen LogP contribution in [0.3, 0.4) is 0 Å². The third-order valence-electron chi connectivity index (χ3n) is 2.70. The van der Waals surface area contributed by atoms with Gasteiger partial charge in [0.2, 0.25) is 5.89 Å². The van der Waals surface area contributed by atoms with Gasteiger partial charge in [-0.25, -0.2) is 15.0 Å². The second kappa shape index (κ2) is 6.17. The molecule has 102 valence electrons. The number of hydrogen-bond acceptors (Lipinski definition) is 6. The molecule has 0 bridgehead atoms. The number of oxazole rings is 1. The maximum Gasteiger partial charge on any atom is 0.213 e. The first-order valence-corrected chi connectivity index (χ1v) is 6.41. The maximum atomic E-state index is 5.41. The average Bonchev–Trinajstić information content (AvgIpc) is 2.82. The highest BCUT2D eigenvalue weighted by atomic mass is 16.4. The molecule has 2 rings (SSSR count). The van der Waals surface area contributed by atoms with Gasteiger partial charge in [-0.15, -0.1) is 0 Å². The van der Waals surface area contributed by atoms with Crippen molar-refractivity contribution in [3.8, 4) is 0 Å². The van der Waals surface area contributed by atoms with E-state index in [0.717, 1.165) is 35.9 Å². The van der Waals surface area contributed by atoms with Gasteiger partial charge in [0.15, 0.2) is 0 Å². The lowest BCUT2D eigenvalue weighted by Crippen LogP contribution is -2.09. The van der Waals surface area contributed by atoms with Crippen molar-refractivity contribution in [2.45, 2.75) is 33.7 Å². The monoisotopic (exact) mass is 261 g/mol. The number of rotatable bonds is 6. The average molecular weight is 261 g/mol. The fourth-order valence-electron chi connectivity index (χ4n) is 1.69. The van der Waals surface area contributed by atoms with Crippen LogP contribution in [0.4, 0.5) is 11.6 Å². The topological polar surface area (TPSA) is 75.9 Å². The van der Waals surface area contributed by atoms with Gasteiger partial charge in [-0.3, -0.25) is 0 Å². The van der Waals surface area contributed by atoms with Crippen molar-refractivity contribution >= 4 is 11.6 Å². The van der Waals surface area contributed by atoms with Gasteiger partial charge in [0, 0.05) is 12.1 Å².